The lowest BCUT2D eigenvalue weighted by Gasteiger charge is -2.07. The van der Waals surface area contributed by atoms with E-state index in [-0.39, 0.29) is 0 Å². The first kappa shape index (κ1) is 22.1. The molecule has 2 N–H and O–H groups in total. The number of aromatic amines is 2. The van der Waals surface area contributed by atoms with Crippen molar-refractivity contribution in [3.05, 3.63) is 72.7 Å². The smallest absolute Gasteiger partial charge is 0.109 e. The summed E-state index contributed by atoms with van der Waals surface area (Å²) in [6.07, 6.45) is 5.62. The molecule has 4 heterocycles. The van der Waals surface area contributed by atoms with Crippen LogP contribution in [0.2, 0.25) is 0 Å². The molecule has 6 nitrogen and oxygen atoms in total. The van der Waals surface area contributed by atoms with Gasteiger partial charge in [0.15, 0.2) is 0 Å². The van der Waals surface area contributed by atoms with Crippen LogP contribution in [0.4, 0.5) is 0 Å². The fraction of sp³-hybridized carbons (Fsp3) is 0.200. The Hall–Kier alpha value is -4.10. The van der Waals surface area contributed by atoms with E-state index in [2.05, 4.69) is 95.3 Å². The Morgan fingerprint density at radius 1 is 0.703 bits per heavy atom. The molecule has 0 saturated carbocycles. The van der Waals surface area contributed by atoms with Gasteiger partial charge < -0.3 is 9.97 Å². The van der Waals surface area contributed by atoms with Crippen LogP contribution in [0.5, 0.6) is 0 Å². The molecular weight excluding hydrogens is 476 g/mol. The molecule has 0 amide bonds. The number of hydrogen-bond donors (Lipinski definition) is 2. The number of thiophene rings is 1. The van der Waals surface area contributed by atoms with E-state index in [0.29, 0.717) is 11.8 Å². The Bertz CT molecular complexity index is 1960. The molecule has 0 aliphatic heterocycles. The summed E-state index contributed by atoms with van der Waals surface area (Å²) in [5, 5.41) is 14.0. The lowest BCUT2D eigenvalue weighted by atomic mass is 9.99. The maximum absolute atomic E-state index is 4.92. The monoisotopic (exact) mass is 502 g/mol. The number of H-pyrrole nitrogens is 2. The number of fused-ring (bicyclic) bond motifs is 7. The predicted octanol–water partition coefficient (Wildman–Crippen LogP) is 8.18. The molecule has 182 valence electrons. The molecule has 0 bridgehead atoms. The van der Waals surface area contributed by atoms with Crippen LogP contribution in [0.25, 0.3) is 64.4 Å². The molecule has 0 fully saturated rings. The number of aromatic nitrogens is 6. The van der Waals surface area contributed by atoms with E-state index < -0.39 is 0 Å². The highest BCUT2D eigenvalue weighted by atomic mass is 32.1. The number of imidazole rings is 2. The fourth-order valence-corrected chi connectivity index (χ4v) is 6.13. The van der Waals surface area contributed by atoms with E-state index in [9.17, 15) is 0 Å². The summed E-state index contributed by atoms with van der Waals surface area (Å²) in [7, 11) is 0. The zero-order valence-electron chi connectivity index (χ0n) is 21.1. The van der Waals surface area contributed by atoms with Gasteiger partial charge in [0.1, 0.15) is 11.6 Å². The second kappa shape index (κ2) is 8.21. The van der Waals surface area contributed by atoms with Crippen molar-refractivity contribution < 1.29 is 0 Å². The van der Waals surface area contributed by atoms with Gasteiger partial charge >= 0.3 is 0 Å². The first-order valence-electron chi connectivity index (χ1n) is 12.6. The summed E-state index contributed by atoms with van der Waals surface area (Å²) < 4.78 is 1.26. The maximum Gasteiger partial charge on any atom is 0.109 e. The summed E-state index contributed by atoms with van der Waals surface area (Å²) in [4.78, 5) is 17.7. The van der Waals surface area contributed by atoms with E-state index in [4.69, 9.17) is 4.98 Å². The van der Waals surface area contributed by atoms with E-state index in [1.54, 1.807) is 0 Å². The third-order valence-corrected chi connectivity index (χ3v) is 8.24. The molecule has 0 aliphatic carbocycles. The summed E-state index contributed by atoms with van der Waals surface area (Å²) in [5.74, 6) is 2.69. The second-order valence-electron chi connectivity index (χ2n) is 10.3. The van der Waals surface area contributed by atoms with Crippen LogP contribution in [0.1, 0.15) is 51.2 Å². The van der Waals surface area contributed by atoms with E-state index in [0.717, 1.165) is 55.5 Å². The first-order chi connectivity index (χ1) is 18.0. The van der Waals surface area contributed by atoms with Crippen molar-refractivity contribution in [3.8, 4) is 21.7 Å². The van der Waals surface area contributed by atoms with Gasteiger partial charge in [-0.25, -0.2) is 9.97 Å². The minimum absolute atomic E-state index is 0.314. The summed E-state index contributed by atoms with van der Waals surface area (Å²) in [6, 6.07) is 15.6. The van der Waals surface area contributed by atoms with Crippen molar-refractivity contribution in [1.29, 1.82) is 0 Å². The SMILES string of the molecule is CC(C)c1ncc(-c2ccc3cc(-c4ccc5c(c4)c4cnncc4c4nc(C(C)C)[nH]c54)sc3c2)[nH]1. The number of hydrogen-bond acceptors (Lipinski definition) is 5. The molecule has 0 unspecified atom stereocenters. The van der Waals surface area contributed by atoms with E-state index in [1.165, 1.54) is 20.5 Å². The minimum Gasteiger partial charge on any atom is -0.342 e. The number of nitrogens with one attached hydrogen (secondary N) is 2. The van der Waals surface area contributed by atoms with Crippen molar-refractivity contribution in [1.82, 2.24) is 30.1 Å². The number of nitrogens with zero attached hydrogens (tertiary/aromatic N) is 4. The van der Waals surface area contributed by atoms with Gasteiger partial charge in [0.05, 0.1) is 35.3 Å². The van der Waals surface area contributed by atoms with Gasteiger partial charge in [-0.2, -0.15) is 10.2 Å². The van der Waals surface area contributed by atoms with Crippen LogP contribution >= 0.6 is 11.3 Å². The molecule has 4 aromatic heterocycles. The van der Waals surface area contributed by atoms with Gasteiger partial charge in [-0.15, -0.1) is 11.3 Å². The fourth-order valence-electron chi connectivity index (χ4n) is 5.04. The van der Waals surface area contributed by atoms with Gasteiger partial charge in [0.25, 0.3) is 0 Å². The van der Waals surface area contributed by atoms with Crippen LogP contribution in [-0.4, -0.2) is 30.1 Å². The van der Waals surface area contributed by atoms with Crippen LogP contribution in [0.3, 0.4) is 0 Å². The lowest BCUT2D eigenvalue weighted by molar-refractivity contribution is 0.795. The lowest BCUT2D eigenvalue weighted by Crippen LogP contribution is -1.89. The Labute approximate surface area is 217 Å². The van der Waals surface area contributed by atoms with Crippen LogP contribution < -0.4 is 0 Å². The van der Waals surface area contributed by atoms with Crippen molar-refractivity contribution in [2.45, 2.75) is 39.5 Å². The number of benzene rings is 3. The van der Waals surface area contributed by atoms with Crippen molar-refractivity contribution in [2.75, 3.05) is 0 Å². The van der Waals surface area contributed by atoms with E-state index in [1.807, 2.05) is 29.9 Å². The highest BCUT2D eigenvalue weighted by Gasteiger charge is 2.16. The van der Waals surface area contributed by atoms with E-state index >= 15 is 0 Å². The zero-order valence-corrected chi connectivity index (χ0v) is 21.9. The van der Waals surface area contributed by atoms with Crippen LogP contribution in [0.15, 0.2) is 61.1 Å². The second-order valence-corrected chi connectivity index (χ2v) is 11.4. The average molecular weight is 503 g/mol. The van der Waals surface area contributed by atoms with Crippen molar-refractivity contribution >= 4 is 54.0 Å². The third-order valence-electron chi connectivity index (χ3n) is 7.09. The summed E-state index contributed by atoms with van der Waals surface area (Å²) in [6.45, 7) is 8.61. The summed E-state index contributed by atoms with van der Waals surface area (Å²) >= 11 is 1.82. The summed E-state index contributed by atoms with van der Waals surface area (Å²) in [5.41, 5.74) is 5.43. The number of rotatable bonds is 4. The predicted molar refractivity (Wildman–Crippen MR) is 153 cm³/mol. The molecular formula is C30H26N6S. The van der Waals surface area contributed by atoms with Crippen LogP contribution in [-0.2, 0) is 0 Å². The maximum atomic E-state index is 4.92. The molecule has 37 heavy (non-hydrogen) atoms. The topological polar surface area (TPSA) is 83.1 Å². The van der Waals surface area contributed by atoms with Gasteiger partial charge in [-0.1, -0.05) is 52.0 Å². The minimum atomic E-state index is 0.314. The highest BCUT2D eigenvalue weighted by Crippen LogP contribution is 2.40. The Kier molecular flexibility index (Phi) is 4.91. The van der Waals surface area contributed by atoms with Crippen molar-refractivity contribution in [2.24, 2.45) is 0 Å². The van der Waals surface area contributed by atoms with Gasteiger partial charge in [-0.3, -0.25) is 0 Å². The molecule has 7 rings (SSSR count). The Morgan fingerprint density at radius 2 is 1.49 bits per heavy atom. The van der Waals surface area contributed by atoms with Gasteiger partial charge in [0, 0.05) is 43.1 Å². The molecule has 7 heteroatoms. The van der Waals surface area contributed by atoms with Crippen molar-refractivity contribution in [3.63, 3.8) is 0 Å². The molecule has 0 saturated heterocycles. The first-order valence-corrected chi connectivity index (χ1v) is 13.4. The largest absolute Gasteiger partial charge is 0.342 e. The Morgan fingerprint density at radius 3 is 2.27 bits per heavy atom. The molecule has 0 spiro atoms. The zero-order chi connectivity index (χ0) is 25.3. The molecule has 0 atom stereocenters. The highest BCUT2D eigenvalue weighted by molar-refractivity contribution is 7.22. The average Bonchev–Trinajstić information content (AvgIpc) is 3.66. The Balaban J connectivity index is 1.38. The normalized spacial score (nSPS) is 12.3. The quantitative estimate of drug-likeness (QED) is 0.238. The van der Waals surface area contributed by atoms with Crippen LogP contribution in [0, 0.1) is 0 Å². The molecule has 0 radical (unpaired) electrons. The van der Waals surface area contributed by atoms with Gasteiger partial charge in [0.2, 0.25) is 0 Å². The molecule has 3 aromatic carbocycles. The molecule has 7 aromatic rings. The standard InChI is InChI=1S/C30H26N6S/c1-15(2)29-31-14-24(34-29)17-5-6-19-11-26(37-25(19)10-17)18-7-8-20-21(9-18)22-12-32-33-13-23(22)28-27(20)35-30(36-28)16(3)4/h5-16H,1-4H3,(H,31,34)(H,35,36). The van der Waals surface area contributed by atoms with Gasteiger partial charge in [-0.05, 0) is 34.5 Å². The third kappa shape index (κ3) is 3.53. The molecule has 0 aliphatic rings.